The van der Waals surface area contributed by atoms with Gasteiger partial charge in [-0.05, 0) is 56.5 Å². The Morgan fingerprint density at radius 2 is 1.40 bits per heavy atom. The Morgan fingerprint density at radius 1 is 0.755 bits per heavy atom. The smallest absolute Gasteiger partial charge is 0.407 e. The van der Waals surface area contributed by atoms with Crippen LogP contribution in [0.2, 0.25) is 0 Å². The first kappa shape index (κ1) is 33.9. The van der Waals surface area contributed by atoms with Crippen LogP contribution in [0.3, 0.4) is 0 Å². The minimum Gasteiger partial charge on any atom is -0.449 e. The zero-order valence-corrected chi connectivity index (χ0v) is 29.2. The first-order chi connectivity index (χ1) is 26.1. The van der Waals surface area contributed by atoms with Crippen LogP contribution < -0.4 is 10.6 Å². The highest BCUT2D eigenvalue weighted by Crippen LogP contribution is 2.44. The van der Waals surface area contributed by atoms with Gasteiger partial charge < -0.3 is 25.1 Å². The number of benzene rings is 5. The zero-order chi connectivity index (χ0) is 36.0. The number of ether oxygens (including phenoxy) is 2. The highest BCUT2D eigenvalue weighted by atomic mass is 16.5. The van der Waals surface area contributed by atoms with Crippen molar-refractivity contribution in [2.45, 2.75) is 37.5 Å². The molecule has 8 heteroatoms. The average Bonchev–Trinajstić information content (AvgIpc) is 3.94. The molecular weight excluding hydrogens is 661 g/mol. The molecule has 0 fully saturated rings. The summed E-state index contributed by atoms with van der Waals surface area (Å²) in [6.45, 7) is 0.350. The number of carbonyl (C=O) groups is 2. The lowest BCUT2D eigenvalue weighted by molar-refractivity contribution is -0.125. The fraction of sp³-hybridized carbons (Fsp3) is 0.178. The number of hydrogen-bond acceptors (Lipinski definition) is 5. The van der Waals surface area contributed by atoms with Gasteiger partial charge in [0, 0.05) is 12.3 Å². The summed E-state index contributed by atoms with van der Waals surface area (Å²) < 4.78 is 11.9. The molecule has 0 aliphatic heterocycles. The van der Waals surface area contributed by atoms with Crippen molar-refractivity contribution in [3.8, 4) is 22.4 Å². The summed E-state index contributed by atoms with van der Waals surface area (Å²) in [5.74, 6) is 0.105. The molecule has 5 aromatic carbocycles. The Hall–Kier alpha value is -6.25. The van der Waals surface area contributed by atoms with Crippen LogP contribution in [0, 0.1) is 0 Å². The maximum atomic E-state index is 14.3. The highest BCUT2D eigenvalue weighted by molar-refractivity contribution is 5.86. The van der Waals surface area contributed by atoms with Crippen molar-refractivity contribution < 1.29 is 19.1 Å². The number of rotatable bonds is 13. The molecule has 8 rings (SSSR count). The predicted molar refractivity (Wildman–Crippen MR) is 206 cm³/mol. The van der Waals surface area contributed by atoms with Crippen LogP contribution in [0.5, 0.6) is 0 Å². The first-order valence-corrected chi connectivity index (χ1v) is 18.0. The number of nitrogens with zero attached hydrogens (tertiary/aromatic N) is 1. The van der Waals surface area contributed by atoms with Crippen molar-refractivity contribution in [3.63, 3.8) is 0 Å². The third-order valence-corrected chi connectivity index (χ3v) is 10.0. The molecule has 6 aromatic rings. The van der Waals surface area contributed by atoms with Gasteiger partial charge in [0.2, 0.25) is 5.91 Å². The Labute approximate surface area is 308 Å². The van der Waals surface area contributed by atoms with Gasteiger partial charge in [0.05, 0.1) is 31.1 Å². The van der Waals surface area contributed by atoms with E-state index in [0.29, 0.717) is 12.2 Å². The van der Waals surface area contributed by atoms with Gasteiger partial charge in [-0.15, -0.1) is 0 Å². The summed E-state index contributed by atoms with van der Waals surface area (Å²) in [5.41, 5.74) is 10.9. The van der Waals surface area contributed by atoms with Gasteiger partial charge in [-0.3, -0.25) is 4.79 Å². The maximum Gasteiger partial charge on any atom is 0.407 e. The molecule has 0 unspecified atom stereocenters. The van der Waals surface area contributed by atoms with Crippen LogP contribution in [0.4, 0.5) is 4.79 Å². The van der Waals surface area contributed by atoms with E-state index in [1.54, 1.807) is 6.20 Å². The molecule has 8 nitrogen and oxygen atoms in total. The van der Waals surface area contributed by atoms with Crippen LogP contribution in [-0.2, 0) is 27.3 Å². The molecule has 2 aliphatic carbocycles. The SMILES string of the molecule is O=C(N[C@H](COCc1ccccc1)C(=O)N[C@H](CC1=CCc2ccccc21)c1ncc(-c2ccccc2)[nH]1)OCC1c2ccccc2-c2ccccc21. The van der Waals surface area contributed by atoms with Crippen LogP contribution in [0.1, 0.15) is 52.0 Å². The number of aromatic amines is 1. The van der Waals surface area contributed by atoms with Gasteiger partial charge in [0.15, 0.2) is 0 Å². The summed E-state index contributed by atoms with van der Waals surface area (Å²) >= 11 is 0. The van der Waals surface area contributed by atoms with Gasteiger partial charge in [0.1, 0.15) is 18.5 Å². The number of carbonyl (C=O) groups excluding carboxylic acids is 2. The molecule has 53 heavy (non-hydrogen) atoms. The Morgan fingerprint density at radius 3 is 2.13 bits per heavy atom. The van der Waals surface area contributed by atoms with E-state index < -0.39 is 24.1 Å². The number of aromatic nitrogens is 2. The standard InChI is InChI=1S/C45H40N4O4/c50-44(48-40(25-33-24-23-31-15-7-8-18-34(31)33)43-46-26-41(47-43)32-16-5-2-6-17-32)42(29-52-27-30-13-3-1-4-14-30)49-45(51)53-28-39-37-21-11-9-19-35(37)36-20-10-12-22-38(36)39/h1-22,24,26,39-40,42H,23,25,27-29H2,(H,46,47)(H,48,50)(H,49,51)/t40-,42-/m1/s1. The summed E-state index contributed by atoms with van der Waals surface area (Å²) in [5, 5.41) is 6.04. The Balaban J connectivity index is 1.01. The van der Waals surface area contributed by atoms with Crippen molar-refractivity contribution in [1.82, 2.24) is 20.6 Å². The van der Waals surface area contributed by atoms with Crippen molar-refractivity contribution in [1.29, 1.82) is 0 Å². The molecule has 3 N–H and O–H groups in total. The van der Waals surface area contributed by atoms with E-state index in [-0.39, 0.29) is 25.7 Å². The van der Waals surface area contributed by atoms with E-state index in [4.69, 9.17) is 14.5 Å². The van der Waals surface area contributed by atoms with Crippen LogP contribution >= 0.6 is 0 Å². The summed E-state index contributed by atoms with van der Waals surface area (Å²) in [6, 6.07) is 42.8. The Kier molecular flexibility index (Phi) is 9.94. The van der Waals surface area contributed by atoms with Crippen molar-refractivity contribution in [2.24, 2.45) is 0 Å². The average molecular weight is 701 g/mol. The fourth-order valence-electron chi connectivity index (χ4n) is 7.37. The topological polar surface area (TPSA) is 105 Å². The molecule has 0 saturated carbocycles. The highest BCUT2D eigenvalue weighted by Gasteiger charge is 2.31. The predicted octanol–water partition coefficient (Wildman–Crippen LogP) is 8.39. The van der Waals surface area contributed by atoms with Crippen molar-refractivity contribution >= 4 is 17.6 Å². The third kappa shape index (κ3) is 7.54. The van der Waals surface area contributed by atoms with E-state index in [1.807, 2.05) is 97.1 Å². The lowest BCUT2D eigenvalue weighted by atomic mass is 9.98. The Bertz CT molecular complexity index is 2200. The third-order valence-electron chi connectivity index (χ3n) is 10.0. The lowest BCUT2D eigenvalue weighted by Gasteiger charge is -2.23. The number of nitrogens with one attached hydrogen (secondary N) is 3. The molecule has 0 saturated heterocycles. The van der Waals surface area contributed by atoms with Gasteiger partial charge in [-0.1, -0.05) is 140 Å². The zero-order valence-electron chi connectivity index (χ0n) is 29.2. The molecule has 0 radical (unpaired) electrons. The first-order valence-electron chi connectivity index (χ1n) is 18.0. The second-order valence-corrected chi connectivity index (χ2v) is 13.4. The number of allylic oxidation sites excluding steroid dienone is 1. The maximum absolute atomic E-state index is 14.3. The molecule has 2 aliphatic rings. The quantitative estimate of drug-likeness (QED) is 0.112. The number of hydrogen-bond donors (Lipinski definition) is 3. The van der Waals surface area contributed by atoms with Gasteiger partial charge in [0.25, 0.3) is 0 Å². The normalized spacial score (nSPS) is 14.0. The lowest BCUT2D eigenvalue weighted by Crippen LogP contribution is -2.50. The minimum atomic E-state index is -1.04. The van der Waals surface area contributed by atoms with Crippen LogP contribution in [0.25, 0.3) is 28.0 Å². The van der Waals surface area contributed by atoms with E-state index in [0.717, 1.165) is 51.1 Å². The summed E-state index contributed by atoms with van der Waals surface area (Å²) in [4.78, 5) is 36.0. The summed E-state index contributed by atoms with van der Waals surface area (Å²) in [6.07, 6.45) is 4.64. The van der Waals surface area contributed by atoms with Gasteiger partial charge >= 0.3 is 6.09 Å². The molecule has 0 spiro atoms. The van der Waals surface area contributed by atoms with E-state index in [9.17, 15) is 9.59 Å². The van der Waals surface area contributed by atoms with Crippen LogP contribution in [0.15, 0.2) is 146 Å². The number of H-pyrrole nitrogens is 1. The van der Waals surface area contributed by atoms with E-state index >= 15 is 0 Å². The van der Waals surface area contributed by atoms with Gasteiger partial charge in [-0.25, -0.2) is 9.78 Å². The molecule has 1 heterocycles. The van der Waals surface area contributed by atoms with Gasteiger partial charge in [-0.2, -0.15) is 0 Å². The molecular formula is C45H40N4O4. The fourth-order valence-corrected chi connectivity index (χ4v) is 7.37. The molecule has 0 bridgehead atoms. The van der Waals surface area contributed by atoms with E-state index in [2.05, 4.69) is 58.1 Å². The molecule has 2 atom stereocenters. The second kappa shape index (κ2) is 15.6. The van der Waals surface area contributed by atoms with Crippen molar-refractivity contribution in [3.05, 3.63) is 179 Å². The number of fused-ring (bicyclic) bond motifs is 4. The monoisotopic (exact) mass is 700 g/mol. The number of imidazole rings is 1. The number of alkyl carbamates (subject to hydrolysis) is 1. The summed E-state index contributed by atoms with van der Waals surface area (Å²) in [7, 11) is 0. The van der Waals surface area contributed by atoms with Crippen LogP contribution in [-0.4, -0.2) is 41.2 Å². The van der Waals surface area contributed by atoms with Crippen molar-refractivity contribution in [2.75, 3.05) is 13.2 Å². The largest absolute Gasteiger partial charge is 0.449 e. The molecule has 264 valence electrons. The minimum absolute atomic E-state index is 0.0589. The number of amides is 2. The molecule has 2 amide bonds. The van der Waals surface area contributed by atoms with E-state index in [1.165, 1.54) is 11.1 Å². The molecule has 1 aromatic heterocycles. The second-order valence-electron chi connectivity index (χ2n) is 13.4.